The third-order valence-electron chi connectivity index (χ3n) is 10.6. The van der Waals surface area contributed by atoms with E-state index in [0.29, 0.717) is 5.82 Å². The molecule has 262 valence electrons. The van der Waals surface area contributed by atoms with Crippen LogP contribution in [-0.2, 0) is 0 Å². The summed E-state index contributed by atoms with van der Waals surface area (Å²) in [6.45, 7) is 0. The molecule has 7 aromatic carbocycles. The van der Waals surface area contributed by atoms with Gasteiger partial charge in [0.15, 0.2) is 5.82 Å². The lowest BCUT2D eigenvalue weighted by Crippen LogP contribution is -1.96. The number of aromatic nitrogens is 3. The minimum atomic E-state index is 0.669. The fraction of sp³-hybridized carbons (Fsp3) is 0. The summed E-state index contributed by atoms with van der Waals surface area (Å²) in [4.78, 5) is 14.5. The summed E-state index contributed by atoms with van der Waals surface area (Å²) in [5, 5.41) is 4.81. The topological polar surface area (TPSA) is 51.8 Å². The molecule has 0 spiro atoms. The molecule has 0 saturated heterocycles. The molecule has 0 unspecified atom stereocenters. The van der Waals surface area contributed by atoms with Gasteiger partial charge in [0.05, 0.1) is 11.4 Å². The summed E-state index contributed by atoms with van der Waals surface area (Å²) < 4.78 is 9.30. The van der Waals surface area contributed by atoms with Crippen LogP contribution in [0.25, 0.3) is 109 Å². The zero-order valence-corrected chi connectivity index (χ0v) is 30.9. The maximum absolute atomic E-state index is 6.70. The highest BCUT2D eigenvalue weighted by molar-refractivity contribution is 7.25. The van der Waals surface area contributed by atoms with E-state index in [0.717, 1.165) is 77.8 Å². The van der Waals surface area contributed by atoms with Gasteiger partial charge in [-0.15, -0.1) is 11.3 Å². The van der Waals surface area contributed by atoms with E-state index >= 15 is 0 Å². The monoisotopic (exact) mass is 733 g/mol. The lowest BCUT2D eigenvalue weighted by Gasteiger charge is -2.12. The molecule has 0 atom stereocenters. The fourth-order valence-electron chi connectivity index (χ4n) is 7.87. The molecule has 0 saturated carbocycles. The number of nitrogens with zero attached hydrogens (tertiary/aromatic N) is 3. The molecule has 11 rings (SSSR count). The van der Waals surface area contributed by atoms with Crippen molar-refractivity contribution >= 4 is 53.4 Å². The normalized spacial score (nSPS) is 11.6. The Morgan fingerprint density at radius 1 is 0.393 bits per heavy atom. The molecular weight excluding hydrogens is 703 g/mol. The van der Waals surface area contributed by atoms with Crippen molar-refractivity contribution in [3.05, 3.63) is 188 Å². The first kappa shape index (κ1) is 32.2. The number of rotatable bonds is 6. The zero-order valence-electron chi connectivity index (χ0n) is 30.1. The molecular formula is C51H31N3OS. The number of hydrogen-bond acceptors (Lipinski definition) is 5. The molecule has 0 fully saturated rings. The quantitative estimate of drug-likeness (QED) is 0.171. The van der Waals surface area contributed by atoms with Gasteiger partial charge in [0.1, 0.15) is 11.2 Å². The molecule has 11 aromatic rings. The summed E-state index contributed by atoms with van der Waals surface area (Å²) in [7, 11) is 0. The Labute approximate surface area is 327 Å². The van der Waals surface area contributed by atoms with Crippen LogP contribution < -0.4 is 0 Å². The van der Waals surface area contributed by atoms with Crippen molar-refractivity contribution in [3.8, 4) is 67.3 Å². The van der Waals surface area contributed by atoms with Crippen LogP contribution in [0, 0.1) is 0 Å². The van der Waals surface area contributed by atoms with Crippen LogP contribution in [0.4, 0.5) is 0 Å². The van der Waals surface area contributed by atoms with E-state index in [2.05, 4.69) is 145 Å². The number of benzene rings is 7. The second-order valence-electron chi connectivity index (χ2n) is 14.0. The molecule has 0 amide bonds. The van der Waals surface area contributed by atoms with Crippen molar-refractivity contribution < 1.29 is 4.42 Å². The molecule has 0 aliphatic carbocycles. The summed E-state index contributed by atoms with van der Waals surface area (Å²) >= 11 is 1.84. The van der Waals surface area contributed by atoms with E-state index in [9.17, 15) is 0 Å². The van der Waals surface area contributed by atoms with Crippen LogP contribution in [0.15, 0.2) is 193 Å². The molecule has 4 aromatic heterocycles. The highest BCUT2D eigenvalue weighted by atomic mass is 32.1. The Balaban J connectivity index is 1.02. The summed E-state index contributed by atoms with van der Waals surface area (Å²) in [5.41, 5.74) is 13.2. The van der Waals surface area contributed by atoms with Crippen molar-refractivity contribution in [2.75, 3.05) is 0 Å². The maximum Gasteiger partial charge on any atom is 0.160 e. The number of para-hydroxylation sites is 1. The van der Waals surface area contributed by atoms with Crippen molar-refractivity contribution in [1.29, 1.82) is 0 Å². The van der Waals surface area contributed by atoms with E-state index < -0.39 is 0 Å². The number of furan rings is 1. The number of fused-ring (bicyclic) bond motifs is 6. The molecule has 4 heterocycles. The molecule has 0 radical (unpaired) electrons. The SMILES string of the molecule is c1ccc(-c2cc(-c3cccc(-c4ccncc4)c3)nc(-c3ccc(-c4ccc(-c5ccc6sc7ccccc7c6c5)c5c4oc4ccccc45)cc3)n2)cc1. The van der Waals surface area contributed by atoms with Gasteiger partial charge in [0.25, 0.3) is 0 Å². The fourth-order valence-corrected chi connectivity index (χ4v) is 8.96. The molecule has 0 bridgehead atoms. The maximum atomic E-state index is 6.70. The van der Waals surface area contributed by atoms with Crippen LogP contribution in [0.2, 0.25) is 0 Å². The second-order valence-corrected chi connectivity index (χ2v) is 15.1. The Bertz CT molecular complexity index is 3240. The molecule has 0 N–H and O–H groups in total. The summed E-state index contributed by atoms with van der Waals surface area (Å²) in [5.74, 6) is 0.669. The number of pyridine rings is 1. The van der Waals surface area contributed by atoms with E-state index in [4.69, 9.17) is 14.4 Å². The first-order valence-electron chi connectivity index (χ1n) is 18.7. The second kappa shape index (κ2) is 13.3. The third-order valence-corrected chi connectivity index (χ3v) is 11.8. The molecule has 56 heavy (non-hydrogen) atoms. The number of thiophene rings is 1. The van der Waals surface area contributed by atoms with Gasteiger partial charge < -0.3 is 4.42 Å². The van der Waals surface area contributed by atoms with Gasteiger partial charge in [-0.05, 0) is 82.4 Å². The van der Waals surface area contributed by atoms with Crippen LogP contribution in [0.5, 0.6) is 0 Å². The minimum Gasteiger partial charge on any atom is -0.455 e. The van der Waals surface area contributed by atoms with E-state index in [1.54, 1.807) is 0 Å². The van der Waals surface area contributed by atoms with Gasteiger partial charge in [-0.3, -0.25) is 4.98 Å². The largest absolute Gasteiger partial charge is 0.455 e. The first-order valence-corrected chi connectivity index (χ1v) is 19.5. The van der Waals surface area contributed by atoms with Gasteiger partial charge in [-0.2, -0.15) is 0 Å². The Morgan fingerprint density at radius 3 is 1.91 bits per heavy atom. The van der Waals surface area contributed by atoms with Crippen LogP contribution >= 0.6 is 11.3 Å². The third kappa shape index (κ3) is 5.56. The Morgan fingerprint density at radius 2 is 1.05 bits per heavy atom. The molecule has 5 heteroatoms. The highest BCUT2D eigenvalue weighted by Gasteiger charge is 2.19. The first-order chi connectivity index (χ1) is 27.7. The minimum absolute atomic E-state index is 0.669. The lowest BCUT2D eigenvalue weighted by atomic mass is 9.93. The summed E-state index contributed by atoms with van der Waals surface area (Å²) in [6, 6.07) is 61.8. The van der Waals surface area contributed by atoms with Crippen LogP contribution in [0.3, 0.4) is 0 Å². The standard InChI is InChI=1S/C51H31N3OS/c1-2-9-34(10-3-1)44-31-45(38-12-8-11-36(29-38)32-25-27-52-28-26-32)54-51(53-44)35-19-17-33(18-20-35)40-23-22-39(49-42-14-4-6-15-46(42)55-50(40)49)37-21-24-48-43(30-37)41-13-5-7-16-47(41)56-48/h1-31H. The van der Waals surface area contributed by atoms with Crippen molar-refractivity contribution in [3.63, 3.8) is 0 Å². The smallest absolute Gasteiger partial charge is 0.160 e. The average molecular weight is 734 g/mol. The molecule has 0 aliphatic heterocycles. The van der Waals surface area contributed by atoms with Gasteiger partial charge in [0.2, 0.25) is 0 Å². The van der Waals surface area contributed by atoms with Gasteiger partial charge in [0, 0.05) is 65.6 Å². The van der Waals surface area contributed by atoms with Crippen LogP contribution in [-0.4, -0.2) is 15.0 Å². The average Bonchev–Trinajstić information content (AvgIpc) is 3.85. The highest BCUT2D eigenvalue weighted by Crippen LogP contribution is 2.44. The van der Waals surface area contributed by atoms with Crippen LogP contribution in [0.1, 0.15) is 0 Å². The zero-order chi connectivity index (χ0) is 37.0. The Kier molecular flexibility index (Phi) is 7.64. The predicted octanol–water partition coefficient (Wildman–Crippen LogP) is 14.1. The van der Waals surface area contributed by atoms with E-state index in [-0.39, 0.29) is 0 Å². The molecule has 0 aliphatic rings. The predicted molar refractivity (Wildman–Crippen MR) is 233 cm³/mol. The van der Waals surface area contributed by atoms with E-state index in [1.807, 2.05) is 60.1 Å². The Hall–Kier alpha value is -7.21. The van der Waals surface area contributed by atoms with Crippen molar-refractivity contribution in [2.24, 2.45) is 0 Å². The lowest BCUT2D eigenvalue weighted by molar-refractivity contribution is 0.670. The molecule has 4 nitrogen and oxygen atoms in total. The van der Waals surface area contributed by atoms with Crippen molar-refractivity contribution in [2.45, 2.75) is 0 Å². The van der Waals surface area contributed by atoms with Crippen molar-refractivity contribution in [1.82, 2.24) is 15.0 Å². The number of hydrogen-bond donors (Lipinski definition) is 0. The van der Waals surface area contributed by atoms with E-state index in [1.165, 1.54) is 25.7 Å². The summed E-state index contributed by atoms with van der Waals surface area (Å²) in [6.07, 6.45) is 3.64. The van der Waals surface area contributed by atoms with Gasteiger partial charge in [-0.25, -0.2) is 9.97 Å². The van der Waals surface area contributed by atoms with Gasteiger partial charge >= 0.3 is 0 Å². The van der Waals surface area contributed by atoms with Gasteiger partial charge in [-0.1, -0.05) is 121 Å².